The Kier molecular flexibility index (Phi) is 2.41. The minimum atomic E-state index is -1.02. The summed E-state index contributed by atoms with van der Waals surface area (Å²) in [5, 5.41) is 14.1. The fourth-order valence-corrected chi connectivity index (χ4v) is 2.34. The lowest BCUT2D eigenvalue weighted by atomic mass is 10.1. The number of aromatic nitrogens is 3. The van der Waals surface area contributed by atoms with Crippen LogP contribution in [0.2, 0.25) is 0 Å². The number of aryl methyl sites for hydroxylation is 2. The molecule has 0 aliphatic heterocycles. The van der Waals surface area contributed by atoms with Crippen molar-refractivity contribution in [1.29, 1.82) is 0 Å². The molecule has 0 amide bonds. The molecule has 96 valence electrons. The Hall–Kier alpha value is -2.56. The van der Waals surface area contributed by atoms with E-state index in [9.17, 15) is 4.79 Å². The number of nitrogens with one attached hydrogen (secondary N) is 1. The van der Waals surface area contributed by atoms with Crippen molar-refractivity contribution in [2.24, 2.45) is 7.05 Å². The molecule has 0 atom stereocenters. The van der Waals surface area contributed by atoms with Crippen molar-refractivity contribution in [3.8, 4) is 11.3 Å². The number of H-pyrrole nitrogens is 1. The first-order valence-corrected chi connectivity index (χ1v) is 5.92. The van der Waals surface area contributed by atoms with Crippen LogP contribution in [-0.4, -0.2) is 25.8 Å². The molecular weight excluding hydrogens is 242 g/mol. The molecule has 0 saturated carbocycles. The van der Waals surface area contributed by atoms with Gasteiger partial charge in [-0.1, -0.05) is 18.2 Å². The van der Waals surface area contributed by atoms with E-state index in [0.717, 1.165) is 27.7 Å². The topological polar surface area (TPSA) is 70.9 Å². The number of carboxylic acids is 1. The summed E-state index contributed by atoms with van der Waals surface area (Å²) in [5.41, 5.74) is 4.02. The van der Waals surface area contributed by atoms with Gasteiger partial charge in [-0.3, -0.25) is 4.68 Å². The van der Waals surface area contributed by atoms with E-state index in [4.69, 9.17) is 5.11 Å². The second-order valence-corrected chi connectivity index (χ2v) is 4.54. The van der Waals surface area contributed by atoms with Gasteiger partial charge in [-0.15, -0.1) is 0 Å². The maximum absolute atomic E-state index is 11.0. The summed E-state index contributed by atoms with van der Waals surface area (Å²) in [4.78, 5) is 14.2. The van der Waals surface area contributed by atoms with Crippen molar-refractivity contribution in [2.45, 2.75) is 6.92 Å². The highest BCUT2D eigenvalue weighted by Crippen LogP contribution is 2.30. The van der Waals surface area contributed by atoms with Gasteiger partial charge in [0.25, 0.3) is 0 Å². The van der Waals surface area contributed by atoms with Crippen LogP contribution in [0.5, 0.6) is 0 Å². The quantitative estimate of drug-likeness (QED) is 0.739. The van der Waals surface area contributed by atoms with Crippen molar-refractivity contribution >= 4 is 16.9 Å². The Balaban J connectivity index is 2.25. The zero-order valence-electron chi connectivity index (χ0n) is 10.6. The number of benzene rings is 1. The molecule has 2 aromatic heterocycles. The van der Waals surface area contributed by atoms with Crippen molar-refractivity contribution < 1.29 is 9.90 Å². The first-order chi connectivity index (χ1) is 9.08. The molecule has 2 heterocycles. The molecule has 5 heteroatoms. The van der Waals surface area contributed by atoms with E-state index in [1.165, 1.54) is 0 Å². The average Bonchev–Trinajstić information content (AvgIpc) is 2.93. The molecule has 0 fully saturated rings. The van der Waals surface area contributed by atoms with Gasteiger partial charge >= 0.3 is 5.97 Å². The number of rotatable bonds is 2. The van der Waals surface area contributed by atoms with Crippen LogP contribution in [0.15, 0.2) is 30.5 Å². The van der Waals surface area contributed by atoms with Crippen LogP contribution in [0.1, 0.15) is 16.1 Å². The van der Waals surface area contributed by atoms with Crippen molar-refractivity contribution in [1.82, 2.24) is 14.8 Å². The van der Waals surface area contributed by atoms with E-state index >= 15 is 0 Å². The lowest BCUT2D eigenvalue weighted by Gasteiger charge is -2.00. The molecule has 3 aromatic rings. The van der Waals surface area contributed by atoms with Gasteiger partial charge in [0.2, 0.25) is 0 Å². The highest BCUT2D eigenvalue weighted by Gasteiger charge is 2.15. The third kappa shape index (κ3) is 1.71. The van der Waals surface area contributed by atoms with E-state index in [0.29, 0.717) is 0 Å². The van der Waals surface area contributed by atoms with Crippen LogP contribution in [0.25, 0.3) is 22.2 Å². The third-order valence-corrected chi connectivity index (χ3v) is 3.30. The molecule has 0 bridgehead atoms. The standard InChI is InChI=1S/C14H13N3O2/c1-8-4-3-5-9-10(7-15-13(8)9)12-6-11(14(18)19)16-17(12)2/h3-7,15H,1-2H3,(H,18,19). The summed E-state index contributed by atoms with van der Waals surface area (Å²) >= 11 is 0. The van der Waals surface area contributed by atoms with E-state index in [1.54, 1.807) is 17.8 Å². The molecular formula is C14H13N3O2. The largest absolute Gasteiger partial charge is 0.476 e. The smallest absolute Gasteiger partial charge is 0.356 e. The molecule has 1 aromatic carbocycles. The molecule has 0 unspecified atom stereocenters. The summed E-state index contributed by atoms with van der Waals surface area (Å²) in [6.07, 6.45) is 1.89. The Labute approximate surface area is 109 Å². The van der Waals surface area contributed by atoms with Gasteiger partial charge < -0.3 is 10.1 Å². The second kappa shape index (κ2) is 3.98. The summed E-state index contributed by atoms with van der Waals surface area (Å²) in [5.74, 6) is -1.02. The summed E-state index contributed by atoms with van der Waals surface area (Å²) in [7, 11) is 1.75. The van der Waals surface area contributed by atoms with Crippen LogP contribution in [-0.2, 0) is 7.05 Å². The van der Waals surface area contributed by atoms with Gasteiger partial charge in [0.15, 0.2) is 5.69 Å². The molecule has 0 saturated heterocycles. The summed E-state index contributed by atoms with van der Waals surface area (Å²) in [6.45, 7) is 2.04. The number of hydrogen-bond acceptors (Lipinski definition) is 2. The van der Waals surface area contributed by atoms with E-state index in [1.807, 2.05) is 31.3 Å². The number of carbonyl (C=O) groups is 1. The third-order valence-electron chi connectivity index (χ3n) is 3.30. The van der Waals surface area contributed by atoms with Crippen LogP contribution < -0.4 is 0 Å². The van der Waals surface area contributed by atoms with Gasteiger partial charge in [-0.2, -0.15) is 5.10 Å². The lowest BCUT2D eigenvalue weighted by molar-refractivity contribution is 0.0689. The normalized spacial score (nSPS) is 11.1. The number of para-hydroxylation sites is 1. The van der Waals surface area contributed by atoms with Gasteiger partial charge in [-0.05, 0) is 18.6 Å². The van der Waals surface area contributed by atoms with E-state index < -0.39 is 5.97 Å². The second-order valence-electron chi connectivity index (χ2n) is 4.54. The minimum absolute atomic E-state index is 0.0551. The Morgan fingerprint density at radius 2 is 2.21 bits per heavy atom. The Morgan fingerprint density at radius 3 is 2.89 bits per heavy atom. The summed E-state index contributed by atoms with van der Waals surface area (Å²) in [6, 6.07) is 7.63. The number of aromatic amines is 1. The number of fused-ring (bicyclic) bond motifs is 1. The molecule has 2 N–H and O–H groups in total. The van der Waals surface area contributed by atoms with E-state index in [-0.39, 0.29) is 5.69 Å². The maximum atomic E-state index is 11.0. The maximum Gasteiger partial charge on any atom is 0.356 e. The molecule has 5 nitrogen and oxygen atoms in total. The molecule has 0 spiro atoms. The van der Waals surface area contributed by atoms with Crippen LogP contribution >= 0.6 is 0 Å². The van der Waals surface area contributed by atoms with Crippen molar-refractivity contribution in [3.05, 3.63) is 41.7 Å². The predicted octanol–water partition coefficient (Wildman–Crippen LogP) is 2.58. The molecule has 0 aliphatic rings. The lowest BCUT2D eigenvalue weighted by Crippen LogP contribution is -1.99. The highest BCUT2D eigenvalue weighted by atomic mass is 16.4. The first-order valence-electron chi connectivity index (χ1n) is 5.92. The van der Waals surface area contributed by atoms with Gasteiger partial charge in [-0.25, -0.2) is 4.79 Å². The zero-order valence-corrected chi connectivity index (χ0v) is 10.6. The van der Waals surface area contributed by atoms with E-state index in [2.05, 4.69) is 10.1 Å². The molecule has 19 heavy (non-hydrogen) atoms. The number of aromatic carboxylic acids is 1. The van der Waals surface area contributed by atoms with Crippen molar-refractivity contribution in [2.75, 3.05) is 0 Å². The number of carboxylic acid groups (broad SMARTS) is 1. The highest BCUT2D eigenvalue weighted by molar-refractivity contribution is 5.97. The number of nitrogens with zero attached hydrogens (tertiary/aromatic N) is 2. The van der Waals surface area contributed by atoms with Crippen LogP contribution in [0.3, 0.4) is 0 Å². The van der Waals surface area contributed by atoms with Crippen LogP contribution in [0, 0.1) is 6.92 Å². The SMILES string of the molecule is Cc1cccc2c(-c3cc(C(=O)O)nn3C)c[nH]c12. The zero-order chi connectivity index (χ0) is 13.6. The Bertz CT molecular complexity index is 783. The van der Waals surface area contributed by atoms with Crippen molar-refractivity contribution in [3.63, 3.8) is 0 Å². The van der Waals surface area contributed by atoms with Gasteiger partial charge in [0.05, 0.1) is 5.69 Å². The first kappa shape index (κ1) is 11.5. The summed E-state index contributed by atoms with van der Waals surface area (Å²) < 4.78 is 1.59. The average molecular weight is 255 g/mol. The monoisotopic (exact) mass is 255 g/mol. The molecule has 0 radical (unpaired) electrons. The van der Waals surface area contributed by atoms with Crippen LogP contribution in [0.4, 0.5) is 0 Å². The van der Waals surface area contributed by atoms with Gasteiger partial charge in [0.1, 0.15) is 0 Å². The molecule has 0 aliphatic carbocycles. The Morgan fingerprint density at radius 1 is 1.42 bits per heavy atom. The van der Waals surface area contributed by atoms with Gasteiger partial charge in [0, 0.05) is 29.7 Å². The fraction of sp³-hybridized carbons (Fsp3) is 0.143. The predicted molar refractivity (Wildman–Crippen MR) is 72.2 cm³/mol. The number of hydrogen-bond donors (Lipinski definition) is 2. The fourth-order valence-electron chi connectivity index (χ4n) is 2.34. The minimum Gasteiger partial charge on any atom is -0.476 e. The molecule has 3 rings (SSSR count).